The largest absolute Gasteiger partial charge is 0.493 e. The Labute approximate surface area is 196 Å². The van der Waals surface area contributed by atoms with E-state index in [0.717, 1.165) is 47.8 Å². The second-order valence-corrected chi connectivity index (χ2v) is 9.92. The van der Waals surface area contributed by atoms with Gasteiger partial charge in [-0.05, 0) is 81.2 Å². The highest BCUT2D eigenvalue weighted by atomic mass is 35.5. The van der Waals surface area contributed by atoms with Gasteiger partial charge in [-0.2, -0.15) is 0 Å². The second-order valence-electron chi connectivity index (χ2n) is 8.91. The number of likely N-dealkylation sites (N-methyl/N-ethyl adjacent to an activating group) is 1. The summed E-state index contributed by atoms with van der Waals surface area (Å²) in [5.74, 6) is 0.581. The van der Waals surface area contributed by atoms with Crippen molar-refractivity contribution in [1.82, 2.24) is 15.2 Å². The number of carbonyl (C=O) groups excluding carboxylic acids is 1. The summed E-state index contributed by atoms with van der Waals surface area (Å²) in [6.07, 6.45) is 4.59. The minimum atomic E-state index is -0.418. The summed E-state index contributed by atoms with van der Waals surface area (Å²) in [4.78, 5) is 20.1. The zero-order valence-electron chi connectivity index (χ0n) is 18.2. The summed E-state index contributed by atoms with van der Waals surface area (Å²) in [6, 6.07) is 13.8. The van der Waals surface area contributed by atoms with Crippen molar-refractivity contribution in [2.75, 3.05) is 13.6 Å². The van der Waals surface area contributed by atoms with Crippen molar-refractivity contribution in [2.24, 2.45) is 0 Å². The van der Waals surface area contributed by atoms with Gasteiger partial charge in [0.25, 0.3) is 5.91 Å². The number of pyridine rings is 1. The van der Waals surface area contributed by atoms with Crippen molar-refractivity contribution in [3.8, 4) is 5.75 Å². The predicted molar refractivity (Wildman–Crippen MR) is 128 cm³/mol. The maximum Gasteiger partial charge on any atom is 0.252 e. The number of hydrogen-bond donors (Lipinski definition) is 1. The molecule has 1 saturated heterocycles. The molecular formula is C25H25ClN3O2Si. The lowest BCUT2D eigenvalue weighted by molar-refractivity contribution is 0.0562. The van der Waals surface area contributed by atoms with Gasteiger partial charge in [-0.25, -0.2) is 0 Å². The van der Waals surface area contributed by atoms with Crippen LogP contribution in [-0.4, -0.2) is 51.4 Å². The SMILES string of the molecule is Cc1ccc(OC([Si])[C@@H]2CCN2C)cc1C(=O)NC1(c2cc(Cl)cc3ncccc23)CC1. The molecule has 0 spiro atoms. The summed E-state index contributed by atoms with van der Waals surface area (Å²) in [5.41, 5.74) is 2.87. The van der Waals surface area contributed by atoms with Crippen LogP contribution in [0.4, 0.5) is 0 Å². The standard InChI is InChI=1S/C25H25ClN3O2Si/c1-15-5-6-17(31-24(32)22-7-11-29(22)2)14-19(15)23(30)28-25(8-9-25)20-12-16(26)13-21-18(20)4-3-10-27-21/h3-6,10,12-14,22,24H,7-9,11H2,1-2H3,(H,28,30)/t22-,24?/m0/s1. The van der Waals surface area contributed by atoms with Crippen LogP contribution < -0.4 is 10.1 Å². The van der Waals surface area contributed by atoms with Gasteiger partial charge >= 0.3 is 0 Å². The number of nitrogens with one attached hydrogen (secondary N) is 1. The van der Waals surface area contributed by atoms with E-state index < -0.39 is 5.54 Å². The van der Waals surface area contributed by atoms with E-state index in [1.54, 1.807) is 6.20 Å². The minimum Gasteiger partial charge on any atom is -0.493 e. The predicted octanol–water partition coefficient (Wildman–Crippen LogP) is 4.19. The molecule has 1 saturated carbocycles. The highest BCUT2D eigenvalue weighted by molar-refractivity contribution is 6.31. The van der Waals surface area contributed by atoms with Crippen LogP contribution in [0.2, 0.25) is 5.02 Å². The Kier molecular flexibility index (Phi) is 5.48. The van der Waals surface area contributed by atoms with Crippen molar-refractivity contribution >= 4 is 38.7 Å². The van der Waals surface area contributed by atoms with Crippen LogP contribution in [0.1, 0.15) is 40.7 Å². The van der Waals surface area contributed by atoms with Crippen LogP contribution in [0.5, 0.6) is 5.75 Å². The number of rotatable bonds is 6. The molecule has 5 rings (SSSR count). The molecule has 3 aromatic rings. The Hall–Kier alpha value is -2.41. The van der Waals surface area contributed by atoms with E-state index in [9.17, 15) is 4.79 Å². The molecular weight excluding hydrogens is 438 g/mol. The van der Waals surface area contributed by atoms with Gasteiger partial charge in [0.2, 0.25) is 0 Å². The number of benzene rings is 2. The van der Waals surface area contributed by atoms with Gasteiger partial charge in [0.05, 0.1) is 27.0 Å². The first-order valence-electron chi connectivity index (χ1n) is 10.9. The molecule has 7 heteroatoms. The number of ether oxygens (including phenoxy) is 1. The second kappa shape index (κ2) is 8.18. The molecule has 163 valence electrons. The van der Waals surface area contributed by atoms with Crippen LogP contribution in [0.15, 0.2) is 48.7 Å². The summed E-state index contributed by atoms with van der Waals surface area (Å²) in [6.45, 7) is 3.02. The Morgan fingerprint density at radius 3 is 2.81 bits per heavy atom. The molecule has 5 nitrogen and oxygen atoms in total. The zero-order valence-corrected chi connectivity index (χ0v) is 19.9. The molecule has 1 aliphatic carbocycles. The topological polar surface area (TPSA) is 54.5 Å². The monoisotopic (exact) mass is 462 g/mol. The first-order valence-corrected chi connectivity index (χ1v) is 11.9. The molecule has 2 aliphatic rings. The van der Waals surface area contributed by atoms with Crippen molar-refractivity contribution < 1.29 is 9.53 Å². The number of halogens is 1. The normalized spacial score (nSPS) is 20.4. The average molecular weight is 463 g/mol. The van der Waals surface area contributed by atoms with E-state index >= 15 is 0 Å². The van der Waals surface area contributed by atoms with E-state index in [1.165, 1.54) is 0 Å². The maximum atomic E-state index is 13.4. The third-order valence-electron chi connectivity index (χ3n) is 6.71. The van der Waals surface area contributed by atoms with Gasteiger partial charge < -0.3 is 15.0 Å². The highest BCUT2D eigenvalue weighted by Gasteiger charge is 2.47. The smallest absolute Gasteiger partial charge is 0.252 e. The van der Waals surface area contributed by atoms with Crippen LogP contribution in [-0.2, 0) is 5.54 Å². The minimum absolute atomic E-state index is 0.103. The van der Waals surface area contributed by atoms with Gasteiger partial charge in [-0.1, -0.05) is 23.7 Å². The van der Waals surface area contributed by atoms with Crippen LogP contribution in [0, 0.1) is 6.92 Å². The van der Waals surface area contributed by atoms with E-state index in [1.807, 2.05) is 49.4 Å². The Balaban J connectivity index is 1.40. The first kappa shape index (κ1) is 21.4. The molecule has 2 atom stereocenters. The molecule has 3 radical (unpaired) electrons. The van der Waals surface area contributed by atoms with Gasteiger partial charge in [-0.15, -0.1) is 0 Å². The number of fused-ring (bicyclic) bond motifs is 1. The summed E-state index contributed by atoms with van der Waals surface area (Å²) < 4.78 is 6.10. The third kappa shape index (κ3) is 3.91. The fourth-order valence-corrected chi connectivity index (χ4v) is 5.25. The molecule has 1 N–H and O–H groups in total. The van der Waals surface area contributed by atoms with Crippen molar-refractivity contribution in [3.05, 3.63) is 70.4 Å². The van der Waals surface area contributed by atoms with Gasteiger partial charge in [-0.3, -0.25) is 9.78 Å². The molecule has 1 aliphatic heterocycles. The lowest BCUT2D eigenvalue weighted by atomic mass is 9.98. The maximum absolute atomic E-state index is 13.4. The third-order valence-corrected chi connectivity index (χ3v) is 7.43. The summed E-state index contributed by atoms with van der Waals surface area (Å²) in [5, 5.41) is 4.94. The lowest BCUT2D eigenvalue weighted by Gasteiger charge is -2.41. The fraction of sp³-hybridized carbons (Fsp3) is 0.360. The van der Waals surface area contributed by atoms with Gasteiger partial charge in [0, 0.05) is 28.2 Å². The van der Waals surface area contributed by atoms with E-state index in [-0.39, 0.29) is 11.6 Å². The number of aromatic nitrogens is 1. The number of nitrogens with zero attached hydrogens (tertiary/aromatic N) is 2. The Bertz CT molecular complexity index is 1200. The number of likely N-dealkylation sites (tertiary alicyclic amines) is 1. The van der Waals surface area contributed by atoms with E-state index in [2.05, 4.69) is 32.5 Å². The first-order chi connectivity index (χ1) is 15.4. The molecule has 1 unspecified atom stereocenters. The molecule has 1 aromatic heterocycles. The Morgan fingerprint density at radius 1 is 1.31 bits per heavy atom. The van der Waals surface area contributed by atoms with Crippen LogP contribution >= 0.6 is 11.6 Å². The molecule has 0 bridgehead atoms. The van der Waals surface area contributed by atoms with Gasteiger partial charge in [0.15, 0.2) is 0 Å². The lowest BCUT2D eigenvalue weighted by Crippen LogP contribution is -2.53. The number of carbonyl (C=O) groups is 1. The summed E-state index contributed by atoms with van der Waals surface area (Å²) in [7, 11) is 5.79. The molecule has 2 aromatic carbocycles. The molecule has 2 fully saturated rings. The number of aryl methyl sites for hydroxylation is 1. The number of amides is 1. The zero-order chi connectivity index (χ0) is 22.5. The van der Waals surface area contributed by atoms with E-state index in [4.69, 9.17) is 16.3 Å². The highest BCUT2D eigenvalue weighted by Crippen LogP contribution is 2.48. The van der Waals surface area contributed by atoms with Gasteiger partial charge in [0.1, 0.15) is 5.75 Å². The summed E-state index contributed by atoms with van der Waals surface area (Å²) >= 11 is 6.38. The molecule has 1 amide bonds. The Morgan fingerprint density at radius 2 is 2.12 bits per heavy atom. The molecule has 2 heterocycles. The fourth-order valence-electron chi connectivity index (χ4n) is 4.48. The van der Waals surface area contributed by atoms with E-state index in [0.29, 0.717) is 22.4 Å². The molecule has 32 heavy (non-hydrogen) atoms. The van der Waals surface area contributed by atoms with Crippen LogP contribution in [0.25, 0.3) is 10.9 Å². The van der Waals surface area contributed by atoms with Crippen molar-refractivity contribution in [2.45, 2.75) is 43.5 Å². The van der Waals surface area contributed by atoms with Crippen molar-refractivity contribution in [3.63, 3.8) is 0 Å². The quantitative estimate of drug-likeness (QED) is 0.558. The number of hydrogen-bond acceptors (Lipinski definition) is 4. The average Bonchev–Trinajstić information content (AvgIpc) is 3.53. The van der Waals surface area contributed by atoms with Crippen LogP contribution in [0.3, 0.4) is 0 Å². The van der Waals surface area contributed by atoms with Crippen molar-refractivity contribution in [1.29, 1.82) is 0 Å².